The van der Waals surface area contributed by atoms with E-state index in [0.717, 1.165) is 4.88 Å². The Hall–Kier alpha value is -1.33. The number of aliphatic carboxylic acids is 1. The quantitative estimate of drug-likeness (QED) is 0.726. The van der Waals surface area contributed by atoms with Crippen molar-refractivity contribution in [2.45, 2.75) is 31.7 Å². The number of amides is 1. The fraction of sp³-hybridized carbons (Fsp3) is 0.385. The number of hydrogen-bond acceptors (Lipinski definition) is 3. The van der Waals surface area contributed by atoms with Crippen LogP contribution in [0.5, 0.6) is 0 Å². The Morgan fingerprint density at radius 3 is 2.79 bits per heavy atom. The Balaban J connectivity index is 2.39. The van der Waals surface area contributed by atoms with Crippen molar-refractivity contribution in [1.29, 1.82) is 0 Å². The number of aryl methyl sites for hydroxylation is 1. The maximum absolute atomic E-state index is 11.7. The number of nitrogens with one attached hydrogen (secondary N) is 1. The van der Waals surface area contributed by atoms with Crippen LogP contribution in [-0.4, -0.2) is 23.0 Å². The van der Waals surface area contributed by atoms with E-state index in [1.165, 1.54) is 11.3 Å². The summed E-state index contributed by atoms with van der Waals surface area (Å²) >= 11 is 7.21. The summed E-state index contributed by atoms with van der Waals surface area (Å²) in [6.45, 7) is 3.53. The highest BCUT2D eigenvalue weighted by Crippen LogP contribution is 2.22. The molecular formula is C13H16ClNO3S. The molecule has 0 saturated heterocycles. The van der Waals surface area contributed by atoms with Gasteiger partial charge in [0, 0.05) is 11.3 Å². The number of rotatable bonds is 8. The molecule has 1 aromatic heterocycles. The molecule has 0 aliphatic heterocycles. The van der Waals surface area contributed by atoms with Crippen LogP contribution in [0.2, 0.25) is 4.34 Å². The molecule has 2 N–H and O–H groups in total. The molecule has 19 heavy (non-hydrogen) atoms. The number of carboxylic acids is 1. The van der Waals surface area contributed by atoms with E-state index in [0.29, 0.717) is 23.6 Å². The Labute approximate surface area is 121 Å². The van der Waals surface area contributed by atoms with E-state index in [9.17, 15) is 9.59 Å². The van der Waals surface area contributed by atoms with Gasteiger partial charge in [-0.3, -0.25) is 4.79 Å². The minimum Gasteiger partial charge on any atom is -0.480 e. The van der Waals surface area contributed by atoms with Crippen LogP contribution in [-0.2, 0) is 16.0 Å². The van der Waals surface area contributed by atoms with Gasteiger partial charge in [0.15, 0.2) is 0 Å². The van der Waals surface area contributed by atoms with E-state index in [4.69, 9.17) is 16.7 Å². The average Bonchev–Trinajstić information content (AvgIpc) is 2.77. The van der Waals surface area contributed by atoms with Gasteiger partial charge < -0.3 is 10.4 Å². The van der Waals surface area contributed by atoms with Crippen LogP contribution < -0.4 is 5.32 Å². The lowest BCUT2D eigenvalue weighted by Gasteiger charge is -2.13. The summed E-state index contributed by atoms with van der Waals surface area (Å²) in [5, 5.41) is 11.5. The first kappa shape index (κ1) is 15.7. The molecule has 0 fully saturated rings. The number of carbonyl (C=O) groups is 2. The molecule has 0 aliphatic carbocycles. The maximum atomic E-state index is 11.7. The Bertz CT molecular complexity index is 458. The van der Waals surface area contributed by atoms with E-state index in [-0.39, 0.29) is 12.3 Å². The highest BCUT2D eigenvalue weighted by Gasteiger charge is 2.18. The summed E-state index contributed by atoms with van der Waals surface area (Å²) < 4.78 is 0.685. The number of carbonyl (C=O) groups excluding carboxylic acids is 1. The van der Waals surface area contributed by atoms with Gasteiger partial charge in [-0.25, -0.2) is 4.79 Å². The zero-order chi connectivity index (χ0) is 14.3. The Morgan fingerprint density at radius 1 is 1.53 bits per heavy atom. The van der Waals surface area contributed by atoms with Gasteiger partial charge in [0.25, 0.3) is 0 Å². The molecule has 1 unspecified atom stereocenters. The summed E-state index contributed by atoms with van der Waals surface area (Å²) in [7, 11) is 0. The van der Waals surface area contributed by atoms with Crippen LogP contribution in [0.1, 0.15) is 24.1 Å². The third kappa shape index (κ3) is 5.89. The molecule has 6 heteroatoms. The van der Waals surface area contributed by atoms with Gasteiger partial charge >= 0.3 is 5.97 Å². The molecule has 0 radical (unpaired) electrons. The lowest BCUT2D eigenvalue weighted by Crippen LogP contribution is -2.40. The largest absolute Gasteiger partial charge is 0.480 e. The zero-order valence-corrected chi connectivity index (χ0v) is 12.0. The first-order valence-electron chi connectivity index (χ1n) is 5.90. The smallest absolute Gasteiger partial charge is 0.326 e. The second-order valence-corrected chi connectivity index (χ2v) is 5.83. The van der Waals surface area contributed by atoms with Gasteiger partial charge in [0.05, 0.1) is 4.34 Å². The van der Waals surface area contributed by atoms with Gasteiger partial charge in [0.1, 0.15) is 6.04 Å². The standard InChI is InChI=1S/C13H16ClNO3S/c1-2-3-4-10(13(17)18)15-12(16)8-6-9-5-7-11(14)19-9/h2,5,7,10H,1,3-4,6,8H2,(H,15,16)(H,17,18). The van der Waals surface area contributed by atoms with Crippen molar-refractivity contribution >= 4 is 34.8 Å². The van der Waals surface area contributed by atoms with Crippen molar-refractivity contribution in [3.05, 3.63) is 34.0 Å². The van der Waals surface area contributed by atoms with Crippen molar-refractivity contribution < 1.29 is 14.7 Å². The van der Waals surface area contributed by atoms with Crippen molar-refractivity contribution in [1.82, 2.24) is 5.32 Å². The number of hydrogen-bond donors (Lipinski definition) is 2. The number of halogens is 1. The third-order valence-electron chi connectivity index (χ3n) is 2.52. The number of thiophene rings is 1. The van der Waals surface area contributed by atoms with Crippen molar-refractivity contribution in [2.24, 2.45) is 0 Å². The first-order chi connectivity index (χ1) is 9.02. The predicted molar refractivity (Wildman–Crippen MR) is 76.6 cm³/mol. The number of allylic oxidation sites excluding steroid dienone is 1. The summed E-state index contributed by atoms with van der Waals surface area (Å²) in [6.07, 6.45) is 3.37. The Kier molecular flexibility index (Phi) is 6.59. The van der Waals surface area contributed by atoms with Gasteiger partial charge in [-0.2, -0.15) is 0 Å². The second kappa shape index (κ2) is 7.96. The van der Waals surface area contributed by atoms with Crippen LogP contribution in [0.15, 0.2) is 24.8 Å². The average molecular weight is 302 g/mol. The lowest BCUT2D eigenvalue weighted by molar-refractivity contribution is -0.142. The maximum Gasteiger partial charge on any atom is 0.326 e. The van der Waals surface area contributed by atoms with E-state index in [1.54, 1.807) is 12.1 Å². The highest BCUT2D eigenvalue weighted by molar-refractivity contribution is 7.16. The van der Waals surface area contributed by atoms with Crippen molar-refractivity contribution in [3.63, 3.8) is 0 Å². The summed E-state index contributed by atoms with van der Waals surface area (Å²) in [4.78, 5) is 23.6. The monoisotopic (exact) mass is 301 g/mol. The fourth-order valence-corrected chi connectivity index (χ4v) is 2.62. The zero-order valence-electron chi connectivity index (χ0n) is 10.4. The van der Waals surface area contributed by atoms with Crippen LogP contribution in [0.3, 0.4) is 0 Å². The van der Waals surface area contributed by atoms with Crippen LogP contribution in [0.4, 0.5) is 0 Å². The van der Waals surface area contributed by atoms with Gasteiger partial charge in [-0.15, -0.1) is 17.9 Å². The molecule has 1 rings (SSSR count). The highest BCUT2D eigenvalue weighted by atomic mass is 35.5. The summed E-state index contributed by atoms with van der Waals surface area (Å²) in [6, 6.07) is 2.80. The molecule has 0 saturated carbocycles. The van der Waals surface area contributed by atoms with E-state index < -0.39 is 12.0 Å². The minimum atomic E-state index is -1.02. The summed E-state index contributed by atoms with van der Waals surface area (Å²) in [5.74, 6) is -1.28. The molecule has 1 amide bonds. The molecule has 1 aromatic rings. The topological polar surface area (TPSA) is 66.4 Å². The van der Waals surface area contributed by atoms with Crippen LogP contribution >= 0.6 is 22.9 Å². The summed E-state index contributed by atoms with van der Waals surface area (Å²) in [5.41, 5.74) is 0. The van der Waals surface area contributed by atoms with Crippen molar-refractivity contribution in [2.75, 3.05) is 0 Å². The van der Waals surface area contributed by atoms with E-state index in [1.807, 2.05) is 6.07 Å². The van der Waals surface area contributed by atoms with E-state index >= 15 is 0 Å². The van der Waals surface area contributed by atoms with E-state index in [2.05, 4.69) is 11.9 Å². The Morgan fingerprint density at radius 2 is 2.26 bits per heavy atom. The van der Waals surface area contributed by atoms with Gasteiger partial charge in [0.2, 0.25) is 5.91 Å². The minimum absolute atomic E-state index is 0.259. The number of carboxylic acid groups (broad SMARTS) is 1. The molecular weight excluding hydrogens is 286 g/mol. The third-order valence-corrected chi connectivity index (χ3v) is 3.81. The first-order valence-corrected chi connectivity index (χ1v) is 7.09. The molecule has 0 aromatic carbocycles. The molecule has 4 nitrogen and oxygen atoms in total. The predicted octanol–water partition coefficient (Wildman–Crippen LogP) is 2.87. The molecule has 0 aliphatic rings. The second-order valence-electron chi connectivity index (χ2n) is 4.03. The van der Waals surface area contributed by atoms with Crippen molar-refractivity contribution in [3.8, 4) is 0 Å². The normalized spacial score (nSPS) is 11.8. The van der Waals surface area contributed by atoms with Gasteiger partial charge in [-0.1, -0.05) is 17.7 Å². The molecule has 0 spiro atoms. The van der Waals surface area contributed by atoms with Gasteiger partial charge in [-0.05, 0) is 31.4 Å². The molecule has 1 atom stereocenters. The lowest BCUT2D eigenvalue weighted by atomic mass is 10.1. The molecule has 104 valence electrons. The molecule has 0 bridgehead atoms. The van der Waals surface area contributed by atoms with Crippen LogP contribution in [0, 0.1) is 0 Å². The fourth-order valence-electron chi connectivity index (χ4n) is 1.53. The SMILES string of the molecule is C=CCCC(NC(=O)CCc1ccc(Cl)s1)C(=O)O. The molecule has 1 heterocycles. The van der Waals surface area contributed by atoms with Crippen LogP contribution in [0.25, 0.3) is 0 Å².